The minimum Gasteiger partial charge on any atom is -0.481 e. The fraction of sp³-hybridized carbons (Fsp3) is 0.632. The number of hydrogen-bond donors (Lipinski definition) is 1. The zero-order chi connectivity index (χ0) is 15.1. The van der Waals surface area contributed by atoms with Crippen molar-refractivity contribution in [2.45, 2.75) is 64.7 Å². The molecule has 21 heavy (non-hydrogen) atoms. The van der Waals surface area contributed by atoms with Crippen molar-refractivity contribution in [2.24, 2.45) is 11.8 Å². The molecule has 1 aliphatic carbocycles. The van der Waals surface area contributed by atoms with Crippen LogP contribution in [0, 0.1) is 11.8 Å². The summed E-state index contributed by atoms with van der Waals surface area (Å²) < 4.78 is 0. The lowest BCUT2D eigenvalue weighted by Crippen LogP contribution is -2.12. The molecule has 1 N–H and O–H groups in total. The number of hydrogen-bond acceptors (Lipinski definition) is 1. The quantitative estimate of drug-likeness (QED) is 0.778. The lowest BCUT2D eigenvalue weighted by molar-refractivity contribution is -0.137. The van der Waals surface area contributed by atoms with Gasteiger partial charge in [-0.3, -0.25) is 4.79 Å². The summed E-state index contributed by atoms with van der Waals surface area (Å²) in [6.07, 6.45) is 10.0. The molecular formula is C19H28O2. The third kappa shape index (κ3) is 5.91. The molecule has 1 saturated carbocycles. The highest BCUT2D eigenvalue weighted by molar-refractivity contribution is 5.66. The van der Waals surface area contributed by atoms with Gasteiger partial charge in [-0.2, -0.15) is 0 Å². The van der Waals surface area contributed by atoms with Crippen LogP contribution in [0.1, 0.15) is 63.0 Å². The molecule has 1 aromatic carbocycles. The molecule has 0 aromatic heterocycles. The summed E-state index contributed by atoms with van der Waals surface area (Å²) in [4.78, 5) is 10.5. The van der Waals surface area contributed by atoms with Gasteiger partial charge in [0.1, 0.15) is 0 Å². The first-order valence-corrected chi connectivity index (χ1v) is 8.43. The molecule has 0 atom stereocenters. The van der Waals surface area contributed by atoms with Gasteiger partial charge in [-0.1, -0.05) is 56.9 Å². The summed E-state index contributed by atoms with van der Waals surface area (Å²) in [5.41, 5.74) is 2.68. The van der Waals surface area contributed by atoms with Crippen LogP contribution in [0.2, 0.25) is 0 Å². The number of benzene rings is 1. The number of carboxylic acids is 1. The van der Waals surface area contributed by atoms with E-state index in [0.717, 1.165) is 24.7 Å². The van der Waals surface area contributed by atoms with Crippen LogP contribution >= 0.6 is 0 Å². The van der Waals surface area contributed by atoms with Gasteiger partial charge in [-0.15, -0.1) is 0 Å². The number of aliphatic carboxylic acids is 1. The summed E-state index contributed by atoms with van der Waals surface area (Å²) in [7, 11) is 0. The van der Waals surface area contributed by atoms with Crippen molar-refractivity contribution in [3.05, 3.63) is 35.4 Å². The molecule has 0 unspecified atom stereocenters. The van der Waals surface area contributed by atoms with Crippen molar-refractivity contribution >= 4 is 5.97 Å². The maximum atomic E-state index is 10.5. The van der Waals surface area contributed by atoms with Gasteiger partial charge in [0.25, 0.3) is 0 Å². The van der Waals surface area contributed by atoms with Gasteiger partial charge in [0, 0.05) is 6.42 Å². The van der Waals surface area contributed by atoms with E-state index in [1.54, 1.807) is 0 Å². The zero-order valence-corrected chi connectivity index (χ0v) is 13.2. The van der Waals surface area contributed by atoms with Gasteiger partial charge in [-0.05, 0) is 48.6 Å². The standard InChI is InChI=1S/C19H28O2/c1-15-5-7-17(8-6-15)13-14-18-11-9-16(10-12-18)3-2-4-19(20)21/h9-12,15,17H,2-8,13-14H2,1H3,(H,20,21). The first kappa shape index (κ1) is 16.1. The second-order valence-electron chi connectivity index (χ2n) is 6.73. The van der Waals surface area contributed by atoms with Gasteiger partial charge in [0.05, 0.1) is 0 Å². The molecule has 0 radical (unpaired) electrons. The Morgan fingerprint density at radius 3 is 2.19 bits per heavy atom. The van der Waals surface area contributed by atoms with Crippen LogP contribution in [0.4, 0.5) is 0 Å². The van der Waals surface area contributed by atoms with E-state index in [2.05, 4.69) is 31.2 Å². The highest BCUT2D eigenvalue weighted by Crippen LogP contribution is 2.31. The lowest BCUT2D eigenvalue weighted by atomic mass is 9.80. The Morgan fingerprint density at radius 1 is 1.05 bits per heavy atom. The van der Waals surface area contributed by atoms with Crippen molar-refractivity contribution < 1.29 is 9.90 Å². The second kappa shape index (κ2) is 8.21. The zero-order valence-electron chi connectivity index (χ0n) is 13.2. The predicted octanol–water partition coefficient (Wildman–Crippen LogP) is 4.85. The van der Waals surface area contributed by atoms with E-state index < -0.39 is 5.97 Å². The largest absolute Gasteiger partial charge is 0.481 e. The molecule has 1 aromatic rings. The van der Waals surface area contributed by atoms with E-state index in [4.69, 9.17) is 5.11 Å². The fourth-order valence-corrected chi connectivity index (χ4v) is 3.30. The van der Waals surface area contributed by atoms with Crippen molar-refractivity contribution in [1.29, 1.82) is 0 Å². The number of carbonyl (C=O) groups is 1. The van der Waals surface area contributed by atoms with Crippen LogP contribution in [0.25, 0.3) is 0 Å². The Kier molecular flexibility index (Phi) is 6.28. The van der Waals surface area contributed by atoms with Crippen LogP contribution < -0.4 is 0 Å². The van der Waals surface area contributed by atoms with Crippen LogP contribution in [-0.4, -0.2) is 11.1 Å². The second-order valence-corrected chi connectivity index (χ2v) is 6.73. The molecule has 0 heterocycles. The molecule has 116 valence electrons. The average Bonchev–Trinajstić information content (AvgIpc) is 2.48. The minimum absolute atomic E-state index is 0.266. The molecule has 2 heteroatoms. The Hall–Kier alpha value is -1.31. The molecule has 2 nitrogen and oxygen atoms in total. The van der Waals surface area contributed by atoms with Crippen molar-refractivity contribution in [2.75, 3.05) is 0 Å². The summed E-state index contributed by atoms with van der Waals surface area (Å²) in [6, 6.07) is 8.78. The molecule has 2 rings (SSSR count). The van der Waals surface area contributed by atoms with E-state index >= 15 is 0 Å². The molecule has 0 aliphatic heterocycles. The van der Waals surface area contributed by atoms with Crippen LogP contribution in [0.3, 0.4) is 0 Å². The van der Waals surface area contributed by atoms with E-state index in [1.165, 1.54) is 49.7 Å². The molecule has 0 saturated heterocycles. The summed E-state index contributed by atoms with van der Waals surface area (Å²) in [5.74, 6) is 1.16. The number of aryl methyl sites for hydroxylation is 2. The highest BCUT2D eigenvalue weighted by Gasteiger charge is 2.17. The predicted molar refractivity (Wildman–Crippen MR) is 86.5 cm³/mol. The highest BCUT2D eigenvalue weighted by atomic mass is 16.4. The fourth-order valence-electron chi connectivity index (χ4n) is 3.30. The molecule has 0 bridgehead atoms. The number of rotatable bonds is 7. The Balaban J connectivity index is 1.70. The first-order chi connectivity index (χ1) is 10.1. The Bertz CT molecular complexity index is 427. The maximum Gasteiger partial charge on any atom is 0.303 e. The van der Waals surface area contributed by atoms with Crippen LogP contribution in [0.5, 0.6) is 0 Å². The Morgan fingerprint density at radius 2 is 1.62 bits per heavy atom. The van der Waals surface area contributed by atoms with Gasteiger partial charge in [-0.25, -0.2) is 0 Å². The summed E-state index contributed by atoms with van der Waals surface area (Å²) in [6.45, 7) is 2.37. The van der Waals surface area contributed by atoms with Crippen LogP contribution in [0.15, 0.2) is 24.3 Å². The van der Waals surface area contributed by atoms with Gasteiger partial charge in [0.15, 0.2) is 0 Å². The van der Waals surface area contributed by atoms with Crippen LogP contribution in [-0.2, 0) is 17.6 Å². The lowest BCUT2D eigenvalue weighted by Gasteiger charge is -2.26. The topological polar surface area (TPSA) is 37.3 Å². The van der Waals surface area contributed by atoms with E-state index in [-0.39, 0.29) is 6.42 Å². The minimum atomic E-state index is -0.701. The first-order valence-electron chi connectivity index (χ1n) is 8.43. The molecular weight excluding hydrogens is 260 g/mol. The van der Waals surface area contributed by atoms with Gasteiger partial charge < -0.3 is 5.11 Å². The average molecular weight is 288 g/mol. The van der Waals surface area contributed by atoms with E-state index in [1.807, 2.05) is 0 Å². The van der Waals surface area contributed by atoms with Gasteiger partial charge >= 0.3 is 5.97 Å². The third-order valence-electron chi connectivity index (χ3n) is 4.86. The van der Waals surface area contributed by atoms with Crippen molar-refractivity contribution in [1.82, 2.24) is 0 Å². The smallest absolute Gasteiger partial charge is 0.303 e. The van der Waals surface area contributed by atoms with Gasteiger partial charge in [0.2, 0.25) is 0 Å². The van der Waals surface area contributed by atoms with Crippen molar-refractivity contribution in [3.63, 3.8) is 0 Å². The Labute approximate surface area is 128 Å². The monoisotopic (exact) mass is 288 g/mol. The SMILES string of the molecule is CC1CCC(CCc2ccc(CCCC(=O)O)cc2)CC1. The van der Waals surface area contributed by atoms with E-state index in [9.17, 15) is 4.79 Å². The molecule has 1 fully saturated rings. The van der Waals surface area contributed by atoms with Crippen molar-refractivity contribution in [3.8, 4) is 0 Å². The summed E-state index contributed by atoms with van der Waals surface area (Å²) >= 11 is 0. The number of carboxylic acid groups (broad SMARTS) is 1. The molecule has 0 spiro atoms. The normalized spacial score (nSPS) is 22.1. The maximum absolute atomic E-state index is 10.5. The molecule has 0 amide bonds. The summed E-state index contributed by atoms with van der Waals surface area (Å²) in [5, 5.41) is 8.65. The molecule has 1 aliphatic rings. The third-order valence-corrected chi connectivity index (χ3v) is 4.86. The van der Waals surface area contributed by atoms with E-state index in [0.29, 0.717) is 0 Å².